The van der Waals surface area contributed by atoms with Crippen LogP contribution in [-0.4, -0.2) is 18.0 Å². The van der Waals surface area contributed by atoms with Crippen LogP contribution in [0.1, 0.15) is 16.1 Å². The molecule has 0 spiro atoms. The van der Waals surface area contributed by atoms with Crippen LogP contribution in [0.3, 0.4) is 0 Å². The Kier molecular flexibility index (Phi) is 4.10. The number of aromatic nitrogens is 1. The van der Waals surface area contributed by atoms with E-state index in [4.69, 9.17) is 22.1 Å². The Morgan fingerprint density at radius 3 is 2.80 bits per heavy atom. The molecule has 2 rings (SSSR count). The number of hydrogen-bond acceptors (Lipinski definition) is 4. The number of carbonyl (C=O) groups excluding carboxylic acids is 1. The molecule has 0 atom stereocenters. The fourth-order valence-electron chi connectivity index (χ4n) is 1.74. The minimum atomic E-state index is -0.365. The summed E-state index contributed by atoms with van der Waals surface area (Å²) in [5.41, 5.74) is 7.72. The number of benzene rings is 1. The highest BCUT2D eigenvalue weighted by Gasteiger charge is 2.13. The number of amides is 1. The number of nitrogens with one attached hydrogen (secondary N) is 1. The largest absolute Gasteiger partial charge is 0.495 e. The van der Waals surface area contributed by atoms with E-state index in [1.165, 1.54) is 13.3 Å². The fraction of sp³-hybridized carbons (Fsp3) is 0.143. The van der Waals surface area contributed by atoms with Crippen molar-refractivity contribution < 1.29 is 9.53 Å². The first-order valence-corrected chi connectivity index (χ1v) is 6.26. The SMILES string of the molecule is COc1ccc(Cl)cc1NC(=O)c1cnc(C)cc1N. The van der Waals surface area contributed by atoms with Gasteiger partial charge in [-0.25, -0.2) is 0 Å². The number of nitrogens with two attached hydrogens (primary N) is 1. The quantitative estimate of drug-likeness (QED) is 0.911. The maximum atomic E-state index is 12.2. The molecule has 1 aromatic heterocycles. The number of carbonyl (C=O) groups is 1. The van der Waals surface area contributed by atoms with E-state index in [-0.39, 0.29) is 5.91 Å². The maximum Gasteiger partial charge on any atom is 0.259 e. The highest BCUT2D eigenvalue weighted by atomic mass is 35.5. The molecule has 0 fully saturated rings. The van der Waals surface area contributed by atoms with Crippen molar-refractivity contribution in [2.45, 2.75) is 6.92 Å². The Bertz CT molecular complexity index is 659. The molecule has 0 saturated carbocycles. The lowest BCUT2D eigenvalue weighted by molar-refractivity contribution is 0.102. The van der Waals surface area contributed by atoms with Gasteiger partial charge in [0.1, 0.15) is 5.75 Å². The molecular formula is C14H14ClN3O2. The number of nitrogen functional groups attached to an aromatic ring is 1. The van der Waals surface area contributed by atoms with Crippen LogP contribution in [0.4, 0.5) is 11.4 Å². The fourth-order valence-corrected chi connectivity index (χ4v) is 1.91. The monoisotopic (exact) mass is 291 g/mol. The molecule has 5 nitrogen and oxygen atoms in total. The van der Waals surface area contributed by atoms with Gasteiger partial charge >= 0.3 is 0 Å². The van der Waals surface area contributed by atoms with E-state index in [0.717, 1.165) is 5.69 Å². The van der Waals surface area contributed by atoms with E-state index in [9.17, 15) is 4.79 Å². The molecule has 0 unspecified atom stereocenters. The summed E-state index contributed by atoms with van der Waals surface area (Å²) in [4.78, 5) is 16.3. The number of rotatable bonds is 3. The van der Waals surface area contributed by atoms with Crippen molar-refractivity contribution in [2.24, 2.45) is 0 Å². The summed E-state index contributed by atoms with van der Waals surface area (Å²) in [6, 6.07) is 6.60. The van der Waals surface area contributed by atoms with Gasteiger partial charge in [-0.3, -0.25) is 9.78 Å². The molecule has 0 aliphatic heterocycles. The van der Waals surface area contributed by atoms with Crippen LogP contribution >= 0.6 is 11.6 Å². The molecule has 1 amide bonds. The first-order valence-electron chi connectivity index (χ1n) is 5.88. The Labute approximate surface area is 121 Å². The van der Waals surface area contributed by atoms with Crippen molar-refractivity contribution in [3.05, 3.63) is 46.7 Å². The van der Waals surface area contributed by atoms with Gasteiger partial charge in [0, 0.05) is 22.6 Å². The molecule has 1 heterocycles. The number of hydrogen-bond donors (Lipinski definition) is 2. The zero-order chi connectivity index (χ0) is 14.7. The highest BCUT2D eigenvalue weighted by molar-refractivity contribution is 6.31. The third kappa shape index (κ3) is 3.00. The Morgan fingerprint density at radius 1 is 1.40 bits per heavy atom. The van der Waals surface area contributed by atoms with E-state index < -0.39 is 0 Å². The third-order valence-corrected chi connectivity index (χ3v) is 2.96. The molecule has 0 bridgehead atoms. The standard InChI is InChI=1S/C14H14ClN3O2/c1-8-5-11(16)10(7-17-8)14(19)18-12-6-9(15)3-4-13(12)20-2/h3-7H,1-2H3,(H2,16,17)(H,18,19). The van der Waals surface area contributed by atoms with Crippen molar-refractivity contribution in [2.75, 3.05) is 18.2 Å². The lowest BCUT2D eigenvalue weighted by atomic mass is 10.2. The van der Waals surface area contributed by atoms with Crippen molar-refractivity contribution in [3.8, 4) is 5.75 Å². The number of anilines is 2. The van der Waals surface area contributed by atoms with Gasteiger partial charge in [0.05, 0.1) is 18.4 Å². The van der Waals surface area contributed by atoms with Gasteiger partial charge < -0.3 is 15.8 Å². The Morgan fingerprint density at radius 2 is 2.15 bits per heavy atom. The van der Waals surface area contributed by atoms with Gasteiger partial charge in [-0.2, -0.15) is 0 Å². The molecular weight excluding hydrogens is 278 g/mol. The number of methoxy groups -OCH3 is 1. The topological polar surface area (TPSA) is 77.2 Å². The summed E-state index contributed by atoms with van der Waals surface area (Å²) >= 11 is 5.91. The summed E-state index contributed by atoms with van der Waals surface area (Å²) in [7, 11) is 1.51. The van der Waals surface area contributed by atoms with Gasteiger partial charge in [-0.05, 0) is 31.2 Å². The van der Waals surface area contributed by atoms with Crippen LogP contribution in [0.25, 0.3) is 0 Å². The zero-order valence-corrected chi connectivity index (χ0v) is 11.9. The lowest BCUT2D eigenvalue weighted by Crippen LogP contribution is -2.15. The molecule has 20 heavy (non-hydrogen) atoms. The Hall–Kier alpha value is -2.27. The molecule has 0 saturated heterocycles. The summed E-state index contributed by atoms with van der Waals surface area (Å²) < 4.78 is 5.17. The van der Waals surface area contributed by atoms with Gasteiger partial charge in [0.25, 0.3) is 5.91 Å². The molecule has 104 valence electrons. The molecule has 1 aromatic carbocycles. The predicted octanol–water partition coefficient (Wildman–Crippen LogP) is 2.89. The second kappa shape index (κ2) is 5.79. The van der Waals surface area contributed by atoms with Crippen LogP contribution < -0.4 is 15.8 Å². The zero-order valence-electron chi connectivity index (χ0n) is 11.1. The first-order chi connectivity index (χ1) is 9.51. The van der Waals surface area contributed by atoms with Gasteiger partial charge in [-0.1, -0.05) is 11.6 Å². The van der Waals surface area contributed by atoms with Crippen LogP contribution in [0.15, 0.2) is 30.5 Å². The maximum absolute atomic E-state index is 12.2. The Balaban J connectivity index is 2.30. The van der Waals surface area contributed by atoms with E-state index in [2.05, 4.69) is 10.3 Å². The molecule has 0 aliphatic carbocycles. The average molecular weight is 292 g/mol. The van der Waals surface area contributed by atoms with E-state index >= 15 is 0 Å². The van der Waals surface area contributed by atoms with Gasteiger partial charge in [-0.15, -0.1) is 0 Å². The van der Waals surface area contributed by atoms with Crippen LogP contribution in [0.2, 0.25) is 5.02 Å². The van der Waals surface area contributed by atoms with Crippen molar-refractivity contribution in [1.82, 2.24) is 4.98 Å². The number of ether oxygens (including phenoxy) is 1. The summed E-state index contributed by atoms with van der Waals surface area (Å²) in [5.74, 6) is 0.150. The minimum absolute atomic E-state index is 0.303. The van der Waals surface area contributed by atoms with Crippen molar-refractivity contribution in [3.63, 3.8) is 0 Å². The van der Waals surface area contributed by atoms with E-state index in [1.807, 2.05) is 0 Å². The van der Waals surface area contributed by atoms with E-state index in [1.54, 1.807) is 31.2 Å². The second-order valence-electron chi connectivity index (χ2n) is 4.21. The predicted molar refractivity (Wildman–Crippen MR) is 79.3 cm³/mol. The highest BCUT2D eigenvalue weighted by Crippen LogP contribution is 2.28. The molecule has 2 aromatic rings. The summed E-state index contributed by atoms with van der Waals surface area (Å²) in [6.45, 7) is 1.80. The number of halogens is 1. The van der Waals surface area contributed by atoms with Gasteiger partial charge in [0.2, 0.25) is 0 Å². The summed E-state index contributed by atoms with van der Waals surface area (Å²) in [5, 5.41) is 3.21. The third-order valence-electron chi connectivity index (χ3n) is 2.73. The van der Waals surface area contributed by atoms with Crippen LogP contribution in [0, 0.1) is 6.92 Å². The van der Waals surface area contributed by atoms with Crippen molar-refractivity contribution in [1.29, 1.82) is 0 Å². The van der Waals surface area contributed by atoms with E-state index in [0.29, 0.717) is 27.7 Å². The van der Waals surface area contributed by atoms with Crippen LogP contribution in [-0.2, 0) is 0 Å². The molecule has 6 heteroatoms. The summed E-state index contributed by atoms with van der Waals surface area (Å²) in [6.07, 6.45) is 1.44. The smallest absolute Gasteiger partial charge is 0.259 e. The molecule has 0 radical (unpaired) electrons. The molecule has 0 aliphatic rings. The number of nitrogens with zero attached hydrogens (tertiary/aromatic N) is 1. The van der Waals surface area contributed by atoms with Crippen molar-refractivity contribution >= 4 is 28.9 Å². The molecule has 3 N–H and O–H groups in total. The number of aryl methyl sites for hydroxylation is 1. The lowest BCUT2D eigenvalue weighted by Gasteiger charge is -2.11. The number of pyridine rings is 1. The minimum Gasteiger partial charge on any atom is -0.495 e. The van der Waals surface area contributed by atoms with Gasteiger partial charge in [0.15, 0.2) is 0 Å². The van der Waals surface area contributed by atoms with Crippen LogP contribution in [0.5, 0.6) is 5.75 Å². The second-order valence-corrected chi connectivity index (χ2v) is 4.65. The first kappa shape index (κ1) is 14.1. The average Bonchev–Trinajstić information content (AvgIpc) is 2.38. The normalized spacial score (nSPS) is 10.2.